The van der Waals surface area contributed by atoms with E-state index in [4.69, 9.17) is 5.73 Å². The normalized spacial score (nSPS) is 10.3. The number of nitrogens with zero attached hydrogens (tertiary/aromatic N) is 1. The molecule has 6 nitrogen and oxygen atoms in total. The number of benzene rings is 2. The van der Waals surface area contributed by atoms with E-state index in [1.54, 1.807) is 36.4 Å². The summed E-state index contributed by atoms with van der Waals surface area (Å²) in [6, 6.07) is 17.5. The number of carbonyl (C=O) groups excluding carboxylic acids is 1. The van der Waals surface area contributed by atoms with E-state index in [9.17, 15) is 9.90 Å². The predicted octanol–water partition coefficient (Wildman–Crippen LogP) is 3.67. The van der Waals surface area contributed by atoms with E-state index < -0.39 is 0 Å². The zero-order chi connectivity index (χ0) is 17.8. The first-order valence-corrected chi connectivity index (χ1v) is 7.72. The number of pyridine rings is 1. The van der Waals surface area contributed by atoms with Gasteiger partial charge >= 0.3 is 0 Å². The number of carbonyl (C=O) groups is 1. The van der Waals surface area contributed by atoms with Crippen molar-refractivity contribution in [3.8, 4) is 5.75 Å². The highest BCUT2D eigenvalue weighted by atomic mass is 16.3. The van der Waals surface area contributed by atoms with Gasteiger partial charge in [-0.05, 0) is 42.8 Å². The molecular formula is C19H18N4O2. The number of aryl methyl sites for hydroxylation is 1. The zero-order valence-electron chi connectivity index (χ0n) is 13.7. The number of hydrogen-bond acceptors (Lipinski definition) is 5. The standard InChI is InChI=1S/C19H18N4O2/c1-12-7-8-15(17(24)9-12)21-14-10-16(23-18(20)11-14)19(25)22-13-5-3-2-4-6-13/h2-11,24H,1H3,(H,22,25)(H3,20,21,23). The second kappa shape index (κ2) is 6.92. The molecule has 0 unspecified atom stereocenters. The summed E-state index contributed by atoms with van der Waals surface area (Å²) in [6.45, 7) is 1.89. The third-order valence-corrected chi connectivity index (χ3v) is 3.54. The Labute approximate surface area is 145 Å². The molecule has 0 aliphatic heterocycles. The number of nitrogen functional groups attached to an aromatic ring is 1. The summed E-state index contributed by atoms with van der Waals surface area (Å²) < 4.78 is 0. The van der Waals surface area contributed by atoms with Crippen molar-refractivity contribution in [2.75, 3.05) is 16.4 Å². The number of aromatic nitrogens is 1. The molecule has 2 aromatic carbocycles. The van der Waals surface area contributed by atoms with Gasteiger partial charge in [-0.1, -0.05) is 24.3 Å². The molecule has 0 saturated carbocycles. The van der Waals surface area contributed by atoms with Crippen molar-refractivity contribution in [1.29, 1.82) is 0 Å². The Morgan fingerprint density at radius 2 is 1.80 bits per heavy atom. The van der Waals surface area contributed by atoms with E-state index in [1.807, 2.05) is 31.2 Å². The molecular weight excluding hydrogens is 316 g/mol. The number of aromatic hydroxyl groups is 1. The largest absolute Gasteiger partial charge is 0.506 e. The molecule has 5 N–H and O–H groups in total. The molecule has 0 fully saturated rings. The van der Waals surface area contributed by atoms with Gasteiger partial charge in [-0.25, -0.2) is 4.98 Å². The van der Waals surface area contributed by atoms with Gasteiger partial charge < -0.3 is 21.5 Å². The van der Waals surface area contributed by atoms with Crippen LogP contribution in [0.4, 0.5) is 22.9 Å². The number of phenolic OH excluding ortho intramolecular Hbond substituents is 1. The summed E-state index contributed by atoms with van der Waals surface area (Å²) in [4.78, 5) is 16.4. The van der Waals surface area contributed by atoms with Crippen molar-refractivity contribution in [2.45, 2.75) is 6.92 Å². The average molecular weight is 334 g/mol. The molecule has 0 atom stereocenters. The van der Waals surface area contributed by atoms with Crippen LogP contribution in [0.3, 0.4) is 0 Å². The maximum Gasteiger partial charge on any atom is 0.274 e. The summed E-state index contributed by atoms with van der Waals surface area (Å²) in [5, 5.41) is 15.8. The molecule has 1 aromatic heterocycles. The number of anilines is 4. The Hall–Kier alpha value is -3.54. The lowest BCUT2D eigenvalue weighted by Gasteiger charge is -2.11. The lowest BCUT2D eigenvalue weighted by atomic mass is 10.2. The van der Waals surface area contributed by atoms with Crippen molar-refractivity contribution >= 4 is 28.8 Å². The van der Waals surface area contributed by atoms with Gasteiger partial charge in [-0.15, -0.1) is 0 Å². The Morgan fingerprint density at radius 3 is 2.52 bits per heavy atom. The third kappa shape index (κ3) is 4.06. The fraction of sp³-hybridized carbons (Fsp3) is 0.0526. The lowest BCUT2D eigenvalue weighted by Crippen LogP contribution is -2.14. The summed E-state index contributed by atoms with van der Waals surface area (Å²) in [6.07, 6.45) is 0. The maximum absolute atomic E-state index is 12.4. The topological polar surface area (TPSA) is 100 Å². The first-order chi connectivity index (χ1) is 12.0. The van der Waals surface area contributed by atoms with Crippen molar-refractivity contribution in [3.63, 3.8) is 0 Å². The second-order valence-corrected chi connectivity index (χ2v) is 5.63. The highest BCUT2D eigenvalue weighted by molar-refractivity contribution is 6.03. The van der Waals surface area contributed by atoms with Gasteiger partial charge in [0, 0.05) is 17.4 Å². The summed E-state index contributed by atoms with van der Waals surface area (Å²) >= 11 is 0. The molecule has 0 aliphatic rings. The van der Waals surface area contributed by atoms with Gasteiger partial charge in [0.2, 0.25) is 0 Å². The quantitative estimate of drug-likeness (QED) is 0.545. The van der Waals surface area contributed by atoms with Gasteiger partial charge in [-0.3, -0.25) is 4.79 Å². The molecule has 0 aliphatic carbocycles. The maximum atomic E-state index is 12.4. The van der Waals surface area contributed by atoms with Crippen LogP contribution in [0.5, 0.6) is 5.75 Å². The first-order valence-electron chi connectivity index (χ1n) is 7.72. The van der Waals surface area contributed by atoms with E-state index in [0.717, 1.165) is 5.56 Å². The number of amides is 1. The highest BCUT2D eigenvalue weighted by Gasteiger charge is 2.11. The Morgan fingerprint density at radius 1 is 1.04 bits per heavy atom. The van der Waals surface area contributed by atoms with Gasteiger partial charge in [0.05, 0.1) is 5.69 Å². The molecule has 0 radical (unpaired) electrons. The van der Waals surface area contributed by atoms with Crippen LogP contribution in [-0.2, 0) is 0 Å². The molecule has 3 rings (SSSR count). The van der Waals surface area contributed by atoms with Crippen LogP contribution >= 0.6 is 0 Å². The molecule has 126 valence electrons. The fourth-order valence-corrected chi connectivity index (χ4v) is 2.36. The smallest absolute Gasteiger partial charge is 0.274 e. The van der Waals surface area contributed by atoms with Crippen LogP contribution in [0.2, 0.25) is 0 Å². The molecule has 6 heteroatoms. The third-order valence-electron chi connectivity index (χ3n) is 3.54. The monoisotopic (exact) mass is 334 g/mol. The molecule has 1 heterocycles. The predicted molar refractivity (Wildman–Crippen MR) is 99.2 cm³/mol. The van der Waals surface area contributed by atoms with E-state index in [1.165, 1.54) is 0 Å². The SMILES string of the molecule is Cc1ccc(Nc2cc(N)nc(C(=O)Nc3ccccc3)c2)c(O)c1. The van der Waals surface area contributed by atoms with Gasteiger partial charge in [-0.2, -0.15) is 0 Å². The second-order valence-electron chi connectivity index (χ2n) is 5.63. The van der Waals surface area contributed by atoms with Crippen molar-refractivity contribution in [1.82, 2.24) is 4.98 Å². The van der Waals surface area contributed by atoms with E-state index >= 15 is 0 Å². The minimum atomic E-state index is -0.366. The number of rotatable bonds is 4. The number of phenols is 1. The minimum absolute atomic E-state index is 0.116. The average Bonchev–Trinajstić information content (AvgIpc) is 2.58. The lowest BCUT2D eigenvalue weighted by molar-refractivity contribution is 0.102. The van der Waals surface area contributed by atoms with E-state index in [0.29, 0.717) is 17.1 Å². The van der Waals surface area contributed by atoms with Gasteiger partial charge in [0.25, 0.3) is 5.91 Å². The number of nitrogens with two attached hydrogens (primary N) is 1. The van der Waals surface area contributed by atoms with Gasteiger partial charge in [0.15, 0.2) is 0 Å². The van der Waals surface area contributed by atoms with Crippen LogP contribution in [0.15, 0.2) is 60.7 Å². The summed E-state index contributed by atoms with van der Waals surface area (Å²) in [5.74, 6) is -0.0461. The number of nitrogens with one attached hydrogen (secondary N) is 2. The molecule has 25 heavy (non-hydrogen) atoms. The Kier molecular flexibility index (Phi) is 4.52. The van der Waals surface area contributed by atoms with E-state index in [-0.39, 0.29) is 23.2 Å². The highest BCUT2D eigenvalue weighted by Crippen LogP contribution is 2.28. The Balaban J connectivity index is 1.84. The van der Waals surface area contributed by atoms with Crippen LogP contribution in [-0.4, -0.2) is 16.0 Å². The van der Waals surface area contributed by atoms with Crippen molar-refractivity contribution in [2.24, 2.45) is 0 Å². The molecule has 0 spiro atoms. The number of hydrogen-bond donors (Lipinski definition) is 4. The van der Waals surface area contributed by atoms with Crippen molar-refractivity contribution < 1.29 is 9.90 Å². The van der Waals surface area contributed by atoms with Crippen LogP contribution in [0.1, 0.15) is 16.1 Å². The van der Waals surface area contributed by atoms with Gasteiger partial charge in [0.1, 0.15) is 17.3 Å². The summed E-state index contributed by atoms with van der Waals surface area (Å²) in [7, 11) is 0. The van der Waals surface area contributed by atoms with Crippen LogP contribution in [0, 0.1) is 6.92 Å². The molecule has 0 bridgehead atoms. The van der Waals surface area contributed by atoms with Crippen molar-refractivity contribution in [3.05, 3.63) is 71.9 Å². The molecule has 0 saturated heterocycles. The first kappa shape index (κ1) is 16.3. The molecule has 1 amide bonds. The molecule has 3 aromatic rings. The fourth-order valence-electron chi connectivity index (χ4n) is 2.36. The summed E-state index contributed by atoms with van der Waals surface area (Å²) in [5.41, 5.74) is 8.68. The number of para-hydroxylation sites is 1. The zero-order valence-corrected chi connectivity index (χ0v) is 13.7. The minimum Gasteiger partial charge on any atom is -0.506 e. The Bertz CT molecular complexity index is 911. The van der Waals surface area contributed by atoms with E-state index in [2.05, 4.69) is 15.6 Å². The van der Waals surface area contributed by atoms with Crippen LogP contribution < -0.4 is 16.4 Å². The van der Waals surface area contributed by atoms with Crippen LogP contribution in [0.25, 0.3) is 0 Å².